The molecule has 184 valence electrons. The molecule has 6 heteroatoms. The molecule has 0 amide bonds. The first-order chi connectivity index (χ1) is 19.2. The summed E-state index contributed by atoms with van der Waals surface area (Å²) in [6, 6.07) is 39.1. The van der Waals surface area contributed by atoms with Crippen molar-refractivity contribution < 1.29 is 4.42 Å². The average molecular weight is 523 g/mol. The molecule has 0 unspecified atom stereocenters. The van der Waals surface area contributed by atoms with Gasteiger partial charge < -0.3 is 8.98 Å². The van der Waals surface area contributed by atoms with Crippen LogP contribution in [0, 0.1) is 0 Å². The second-order valence-corrected chi connectivity index (χ2v) is 9.82. The highest BCUT2D eigenvalue weighted by Crippen LogP contribution is 2.35. The maximum atomic E-state index is 6.45. The lowest BCUT2D eigenvalue weighted by atomic mass is 10.1. The van der Waals surface area contributed by atoms with Crippen LogP contribution >= 0.6 is 11.6 Å². The largest absolute Gasteiger partial charge is 0.456 e. The maximum Gasteiger partial charge on any atom is 0.226 e. The van der Waals surface area contributed by atoms with Gasteiger partial charge >= 0.3 is 0 Å². The number of fused-ring (bicyclic) bond motifs is 6. The molecule has 0 fully saturated rings. The number of halogens is 1. The van der Waals surface area contributed by atoms with Gasteiger partial charge in [0.05, 0.1) is 11.0 Å². The van der Waals surface area contributed by atoms with Crippen molar-refractivity contribution in [3.8, 4) is 28.5 Å². The summed E-state index contributed by atoms with van der Waals surface area (Å²) in [6.07, 6.45) is 0. The first-order valence-electron chi connectivity index (χ1n) is 12.7. The molecule has 0 saturated carbocycles. The third kappa shape index (κ3) is 3.51. The van der Waals surface area contributed by atoms with Gasteiger partial charge in [0, 0.05) is 38.4 Å². The molecule has 0 aliphatic rings. The Morgan fingerprint density at radius 1 is 0.513 bits per heavy atom. The third-order valence-corrected chi connectivity index (χ3v) is 7.36. The zero-order valence-electron chi connectivity index (χ0n) is 20.5. The summed E-state index contributed by atoms with van der Waals surface area (Å²) >= 11 is 6.45. The van der Waals surface area contributed by atoms with E-state index in [1.165, 1.54) is 5.39 Å². The van der Waals surface area contributed by atoms with E-state index in [-0.39, 0.29) is 5.28 Å². The molecule has 3 aromatic heterocycles. The van der Waals surface area contributed by atoms with Gasteiger partial charge in [-0.2, -0.15) is 9.97 Å². The molecule has 0 N–H and O–H groups in total. The van der Waals surface area contributed by atoms with Crippen molar-refractivity contribution in [1.29, 1.82) is 0 Å². The molecule has 0 bridgehead atoms. The third-order valence-electron chi connectivity index (χ3n) is 7.19. The van der Waals surface area contributed by atoms with Gasteiger partial charge in [-0.25, -0.2) is 4.98 Å². The van der Waals surface area contributed by atoms with E-state index in [0.717, 1.165) is 55.2 Å². The Bertz CT molecular complexity index is 2200. The number of benzene rings is 5. The van der Waals surface area contributed by atoms with Crippen LogP contribution in [-0.2, 0) is 0 Å². The number of rotatable bonds is 3. The lowest BCUT2D eigenvalue weighted by Crippen LogP contribution is -1.98. The van der Waals surface area contributed by atoms with E-state index in [0.29, 0.717) is 11.6 Å². The van der Waals surface area contributed by atoms with Crippen LogP contribution in [0.1, 0.15) is 0 Å². The molecular formula is C33H19ClN4O. The lowest BCUT2D eigenvalue weighted by Gasteiger charge is -2.09. The predicted molar refractivity (Wildman–Crippen MR) is 157 cm³/mol. The van der Waals surface area contributed by atoms with Crippen LogP contribution in [0.25, 0.3) is 72.2 Å². The van der Waals surface area contributed by atoms with Crippen molar-refractivity contribution in [3.63, 3.8) is 0 Å². The molecule has 3 heterocycles. The van der Waals surface area contributed by atoms with Gasteiger partial charge in [-0.05, 0) is 54.1 Å². The van der Waals surface area contributed by atoms with E-state index in [9.17, 15) is 0 Å². The maximum absolute atomic E-state index is 6.45. The van der Waals surface area contributed by atoms with Crippen molar-refractivity contribution >= 4 is 55.3 Å². The smallest absolute Gasteiger partial charge is 0.226 e. The fourth-order valence-electron chi connectivity index (χ4n) is 5.44. The number of furan rings is 1. The zero-order valence-corrected chi connectivity index (χ0v) is 21.3. The first kappa shape index (κ1) is 22.0. The summed E-state index contributed by atoms with van der Waals surface area (Å²) in [7, 11) is 0. The quantitative estimate of drug-likeness (QED) is 0.232. The monoisotopic (exact) mass is 522 g/mol. The summed E-state index contributed by atoms with van der Waals surface area (Å²) in [6.45, 7) is 0. The number of para-hydroxylation sites is 3. The first-order valence-corrected chi connectivity index (χ1v) is 13.0. The van der Waals surface area contributed by atoms with Crippen LogP contribution in [0.3, 0.4) is 0 Å². The molecule has 0 aliphatic carbocycles. The topological polar surface area (TPSA) is 56.7 Å². The molecule has 8 rings (SSSR count). The van der Waals surface area contributed by atoms with E-state index in [1.807, 2.05) is 48.5 Å². The van der Waals surface area contributed by atoms with Crippen LogP contribution in [0.5, 0.6) is 0 Å². The standard InChI is InChI=1S/C33H19ClN4O/c34-33-36-31(35-32(37-33)21-15-17-26-25-11-5-7-13-29(25)39-30(26)19-21)20-14-16-24-23-10-4-6-12-27(23)38(28(24)18-20)22-8-2-1-3-9-22/h1-19H. The minimum absolute atomic E-state index is 0.142. The number of aromatic nitrogens is 4. The van der Waals surface area contributed by atoms with Crippen LogP contribution in [0.4, 0.5) is 0 Å². The van der Waals surface area contributed by atoms with E-state index >= 15 is 0 Å². The van der Waals surface area contributed by atoms with Crippen LogP contribution in [0.2, 0.25) is 5.28 Å². The van der Waals surface area contributed by atoms with Crippen LogP contribution in [-0.4, -0.2) is 19.5 Å². The van der Waals surface area contributed by atoms with Crippen molar-refractivity contribution in [2.75, 3.05) is 0 Å². The van der Waals surface area contributed by atoms with Crippen molar-refractivity contribution in [1.82, 2.24) is 19.5 Å². The summed E-state index contributed by atoms with van der Waals surface area (Å²) in [5, 5.41) is 4.62. The summed E-state index contributed by atoms with van der Waals surface area (Å²) in [4.78, 5) is 13.8. The molecule has 0 radical (unpaired) electrons. The minimum atomic E-state index is 0.142. The van der Waals surface area contributed by atoms with Crippen molar-refractivity contribution in [2.24, 2.45) is 0 Å². The second kappa shape index (κ2) is 8.51. The van der Waals surface area contributed by atoms with Gasteiger partial charge in [0.2, 0.25) is 5.28 Å². The zero-order chi connectivity index (χ0) is 25.9. The average Bonchev–Trinajstić information content (AvgIpc) is 3.52. The van der Waals surface area contributed by atoms with Crippen molar-refractivity contribution in [3.05, 3.63) is 121 Å². The molecule has 0 atom stereocenters. The normalized spacial score (nSPS) is 11.7. The molecule has 0 spiro atoms. The van der Waals surface area contributed by atoms with Crippen LogP contribution < -0.4 is 0 Å². The van der Waals surface area contributed by atoms with E-state index in [2.05, 4.69) is 81.3 Å². The number of nitrogens with zero attached hydrogens (tertiary/aromatic N) is 4. The van der Waals surface area contributed by atoms with Gasteiger partial charge in [0.25, 0.3) is 0 Å². The minimum Gasteiger partial charge on any atom is -0.456 e. The highest BCUT2D eigenvalue weighted by molar-refractivity contribution is 6.28. The van der Waals surface area contributed by atoms with Gasteiger partial charge in [-0.15, -0.1) is 0 Å². The Labute approximate surface area is 228 Å². The van der Waals surface area contributed by atoms with Gasteiger partial charge in [-0.1, -0.05) is 72.8 Å². The lowest BCUT2D eigenvalue weighted by molar-refractivity contribution is 0.669. The highest BCUT2D eigenvalue weighted by Gasteiger charge is 2.16. The molecule has 0 aliphatic heterocycles. The predicted octanol–water partition coefficient (Wildman–Crippen LogP) is 8.86. The Morgan fingerprint density at radius 2 is 1.13 bits per heavy atom. The highest BCUT2D eigenvalue weighted by atomic mass is 35.5. The number of hydrogen-bond donors (Lipinski definition) is 0. The molecule has 39 heavy (non-hydrogen) atoms. The van der Waals surface area contributed by atoms with E-state index in [1.54, 1.807) is 0 Å². The van der Waals surface area contributed by atoms with Gasteiger partial charge in [0.1, 0.15) is 11.2 Å². The summed E-state index contributed by atoms with van der Waals surface area (Å²) < 4.78 is 8.36. The Morgan fingerprint density at radius 3 is 1.95 bits per heavy atom. The molecule has 5 nitrogen and oxygen atoms in total. The van der Waals surface area contributed by atoms with Crippen molar-refractivity contribution in [2.45, 2.75) is 0 Å². The molecule has 8 aromatic rings. The summed E-state index contributed by atoms with van der Waals surface area (Å²) in [5.74, 6) is 1.01. The fraction of sp³-hybridized carbons (Fsp3) is 0. The molecular weight excluding hydrogens is 504 g/mol. The van der Waals surface area contributed by atoms with E-state index < -0.39 is 0 Å². The summed E-state index contributed by atoms with van der Waals surface area (Å²) in [5.41, 5.74) is 6.60. The molecule has 5 aromatic carbocycles. The molecule has 0 saturated heterocycles. The fourth-order valence-corrected chi connectivity index (χ4v) is 5.60. The Balaban J connectivity index is 1.30. The Hall–Kier alpha value is -5.00. The van der Waals surface area contributed by atoms with Crippen LogP contribution in [0.15, 0.2) is 120 Å². The number of hydrogen-bond acceptors (Lipinski definition) is 4. The Kier molecular flexibility index (Phi) is 4.81. The van der Waals surface area contributed by atoms with Gasteiger partial charge in [-0.3, -0.25) is 0 Å². The van der Waals surface area contributed by atoms with Gasteiger partial charge in [0.15, 0.2) is 11.6 Å². The van der Waals surface area contributed by atoms with E-state index in [4.69, 9.17) is 21.0 Å². The SMILES string of the molecule is Clc1nc(-c2ccc3c(c2)oc2ccccc23)nc(-c2ccc3c4ccccc4n(-c4ccccc4)c3c2)n1. The second-order valence-electron chi connectivity index (χ2n) is 9.48.